The molecule has 0 saturated carbocycles. The predicted octanol–water partition coefficient (Wildman–Crippen LogP) is 4.90. The highest BCUT2D eigenvalue weighted by Gasteiger charge is 2.26. The Kier molecular flexibility index (Phi) is 3.69. The maximum atomic E-state index is 11.6. The van der Waals surface area contributed by atoms with E-state index in [-0.39, 0.29) is 17.1 Å². The molecule has 4 heteroatoms. The van der Waals surface area contributed by atoms with Gasteiger partial charge in [-0.1, -0.05) is 25.4 Å². The van der Waals surface area contributed by atoms with Gasteiger partial charge in [-0.3, -0.25) is 4.79 Å². The molecule has 1 heterocycles. The van der Waals surface area contributed by atoms with E-state index in [0.29, 0.717) is 5.02 Å². The quantitative estimate of drug-likeness (QED) is 0.751. The van der Waals surface area contributed by atoms with Crippen LogP contribution in [-0.4, -0.2) is 5.24 Å². The molecular formula is C14H14Cl2O2. The first-order chi connectivity index (χ1) is 8.41. The SMILES string of the molecule is Cc1cc(Cl)cc2c(C(C(=O)Cl)C(C)C)coc12. The standard InChI is InChI=1S/C14H14Cl2O2/c1-7(2)12(14(16)17)11-6-18-13-8(3)4-9(15)5-10(11)13/h4-7,12H,1-3H3. The van der Waals surface area contributed by atoms with Crippen LogP contribution >= 0.6 is 23.2 Å². The molecule has 0 amide bonds. The van der Waals surface area contributed by atoms with E-state index in [1.54, 1.807) is 6.26 Å². The zero-order valence-electron chi connectivity index (χ0n) is 10.5. The number of halogens is 2. The summed E-state index contributed by atoms with van der Waals surface area (Å²) >= 11 is 11.8. The molecule has 0 fully saturated rings. The third-order valence-electron chi connectivity index (χ3n) is 3.10. The van der Waals surface area contributed by atoms with Crippen LogP contribution in [0.25, 0.3) is 11.0 Å². The second kappa shape index (κ2) is 4.94. The van der Waals surface area contributed by atoms with Gasteiger partial charge >= 0.3 is 0 Å². The normalized spacial score (nSPS) is 13.2. The largest absolute Gasteiger partial charge is 0.464 e. The van der Waals surface area contributed by atoms with Crippen LogP contribution in [0.15, 0.2) is 22.8 Å². The van der Waals surface area contributed by atoms with Gasteiger partial charge in [0, 0.05) is 16.0 Å². The highest BCUT2D eigenvalue weighted by atomic mass is 35.5. The zero-order valence-corrected chi connectivity index (χ0v) is 12.0. The first-order valence-corrected chi connectivity index (χ1v) is 6.54. The number of hydrogen-bond donors (Lipinski definition) is 0. The summed E-state index contributed by atoms with van der Waals surface area (Å²) in [5.74, 6) is -0.263. The summed E-state index contributed by atoms with van der Waals surface area (Å²) in [6.07, 6.45) is 1.61. The molecule has 0 N–H and O–H groups in total. The van der Waals surface area contributed by atoms with E-state index in [1.165, 1.54) is 0 Å². The van der Waals surface area contributed by atoms with Gasteiger partial charge in [0.15, 0.2) is 0 Å². The van der Waals surface area contributed by atoms with Crippen molar-refractivity contribution in [1.82, 2.24) is 0 Å². The second-order valence-corrected chi connectivity index (χ2v) is 5.63. The van der Waals surface area contributed by atoms with Crippen molar-refractivity contribution in [1.29, 1.82) is 0 Å². The molecule has 1 unspecified atom stereocenters. The molecule has 0 aliphatic rings. The Bertz CT molecular complexity index is 599. The minimum Gasteiger partial charge on any atom is -0.464 e. The number of hydrogen-bond acceptors (Lipinski definition) is 2. The summed E-state index contributed by atoms with van der Waals surface area (Å²) in [5.41, 5.74) is 2.52. The van der Waals surface area contributed by atoms with Crippen molar-refractivity contribution in [3.05, 3.63) is 34.5 Å². The van der Waals surface area contributed by atoms with Crippen molar-refractivity contribution >= 4 is 39.4 Å². The average molecular weight is 285 g/mol. The molecule has 96 valence electrons. The molecule has 0 aliphatic carbocycles. The van der Waals surface area contributed by atoms with E-state index in [2.05, 4.69) is 0 Å². The Balaban J connectivity index is 2.68. The van der Waals surface area contributed by atoms with Crippen LogP contribution in [0.2, 0.25) is 5.02 Å². The Morgan fingerprint density at radius 2 is 2.00 bits per heavy atom. The van der Waals surface area contributed by atoms with E-state index < -0.39 is 0 Å². The van der Waals surface area contributed by atoms with Crippen LogP contribution < -0.4 is 0 Å². The van der Waals surface area contributed by atoms with E-state index in [1.807, 2.05) is 32.9 Å². The summed E-state index contributed by atoms with van der Waals surface area (Å²) < 4.78 is 5.55. The Morgan fingerprint density at radius 3 is 2.56 bits per heavy atom. The third kappa shape index (κ3) is 2.27. The van der Waals surface area contributed by atoms with Crippen LogP contribution in [0.5, 0.6) is 0 Å². The summed E-state index contributed by atoms with van der Waals surface area (Å²) in [6, 6.07) is 3.65. The van der Waals surface area contributed by atoms with Gasteiger partial charge in [0.05, 0.1) is 12.2 Å². The number of rotatable bonds is 3. The van der Waals surface area contributed by atoms with Gasteiger partial charge in [0.25, 0.3) is 0 Å². The molecule has 0 saturated heterocycles. The molecule has 0 aliphatic heterocycles. The fraction of sp³-hybridized carbons (Fsp3) is 0.357. The van der Waals surface area contributed by atoms with Gasteiger partial charge < -0.3 is 4.42 Å². The monoisotopic (exact) mass is 284 g/mol. The van der Waals surface area contributed by atoms with E-state index >= 15 is 0 Å². The summed E-state index contributed by atoms with van der Waals surface area (Å²) in [6.45, 7) is 5.84. The molecule has 1 atom stereocenters. The summed E-state index contributed by atoms with van der Waals surface area (Å²) in [5, 5.41) is 1.13. The lowest BCUT2D eigenvalue weighted by Crippen LogP contribution is -2.13. The van der Waals surface area contributed by atoms with Crippen molar-refractivity contribution < 1.29 is 9.21 Å². The minimum absolute atomic E-state index is 0.107. The molecule has 2 aromatic rings. The third-order valence-corrected chi connectivity index (χ3v) is 3.55. The predicted molar refractivity (Wildman–Crippen MR) is 74.4 cm³/mol. The van der Waals surface area contributed by atoms with Crippen molar-refractivity contribution in [2.24, 2.45) is 5.92 Å². The number of benzene rings is 1. The summed E-state index contributed by atoms with van der Waals surface area (Å²) in [7, 11) is 0. The number of carbonyl (C=O) groups excluding carboxylic acids is 1. The highest BCUT2D eigenvalue weighted by Crippen LogP contribution is 2.36. The van der Waals surface area contributed by atoms with Crippen LogP contribution in [-0.2, 0) is 4.79 Å². The molecule has 0 bridgehead atoms. The molecule has 2 nitrogen and oxygen atoms in total. The van der Waals surface area contributed by atoms with Gasteiger partial charge in [-0.05, 0) is 42.1 Å². The zero-order chi connectivity index (χ0) is 13.4. The Hall–Kier alpha value is -0.990. The smallest absolute Gasteiger partial charge is 0.229 e. The molecule has 0 radical (unpaired) electrons. The van der Waals surface area contributed by atoms with E-state index in [4.69, 9.17) is 27.6 Å². The molecule has 2 rings (SSSR count). The van der Waals surface area contributed by atoms with Crippen molar-refractivity contribution in [3.8, 4) is 0 Å². The van der Waals surface area contributed by atoms with Crippen molar-refractivity contribution in [2.75, 3.05) is 0 Å². The Morgan fingerprint density at radius 1 is 1.33 bits per heavy atom. The van der Waals surface area contributed by atoms with Gasteiger partial charge in [0.1, 0.15) is 5.58 Å². The van der Waals surface area contributed by atoms with E-state index in [9.17, 15) is 4.79 Å². The van der Waals surface area contributed by atoms with Gasteiger partial charge in [-0.15, -0.1) is 0 Å². The molecular weight excluding hydrogens is 271 g/mol. The van der Waals surface area contributed by atoms with Crippen LogP contribution in [0.1, 0.15) is 30.9 Å². The first kappa shape index (κ1) is 13.4. The summed E-state index contributed by atoms with van der Waals surface area (Å²) in [4.78, 5) is 11.6. The molecule has 1 aromatic carbocycles. The van der Waals surface area contributed by atoms with Crippen LogP contribution in [0, 0.1) is 12.8 Å². The van der Waals surface area contributed by atoms with E-state index in [0.717, 1.165) is 22.1 Å². The lowest BCUT2D eigenvalue weighted by atomic mass is 9.89. The van der Waals surface area contributed by atoms with Crippen LogP contribution in [0.4, 0.5) is 0 Å². The maximum Gasteiger partial charge on any atom is 0.229 e. The van der Waals surface area contributed by atoms with Crippen molar-refractivity contribution in [3.63, 3.8) is 0 Å². The molecule has 0 spiro atoms. The fourth-order valence-electron chi connectivity index (χ4n) is 2.27. The number of furan rings is 1. The fourth-order valence-corrected chi connectivity index (χ4v) is 2.91. The van der Waals surface area contributed by atoms with Gasteiger partial charge in [0.2, 0.25) is 5.24 Å². The van der Waals surface area contributed by atoms with Gasteiger partial charge in [-0.2, -0.15) is 0 Å². The number of fused-ring (bicyclic) bond motifs is 1. The van der Waals surface area contributed by atoms with Gasteiger partial charge in [-0.25, -0.2) is 0 Å². The topological polar surface area (TPSA) is 30.2 Å². The Labute approximate surface area is 116 Å². The lowest BCUT2D eigenvalue weighted by molar-refractivity contribution is -0.113. The minimum atomic E-state index is -0.370. The lowest BCUT2D eigenvalue weighted by Gasteiger charge is -2.15. The molecule has 1 aromatic heterocycles. The van der Waals surface area contributed by atoms with Crippen molar-refractivity contribution in [2.45, 2.75) is 26.7 Å². The highest BCUT2D eigenvalue weighted by molar-refractivity contribution is 6.64. The average Bonchev–Trinajstić information content (AvgIpc) is 2.61. The first-order valence-electron chi connectivity index (χ1n) is 5.78. The molecule has 18 heavy (non-hydrogen) atoms. The number of carbonyl (C=O) groups is 1. The second-order valence-electron chi connectivity index (χ2n) is 4.82. The number of aryl methyl sites for hydroxylation is 1. The maximum absolute atomic E-state index is 11.6. The van der Waals surface area contributed by atoms with Crippen LogP contribution in [0.3, 0.4) is 0 Å².